The van der Waals surface area contributed by atoms with Crippen LogP contribution >= 0.6 is 0 Å². The first-order valence-corrected chi connectivity index (χ1v) is 10.1. The molecule has 0 bridgehead atoms. The van der Waals surface area contributed by atoms with Crippen molar-refractivity contribution in [3.8, 4) is 5.75 Å². The van der Waals surface area contributed by atoms with Crippen LogP contribution in [0, 0.1) is 5.82 Å². The van der Waals surface area contributed by atoms with Crippen LogP contribution in [0.15, 0.2) is 21.9 Å². The highest BCUT2D eigenvalue weighted by molar-refractivity contribution is 5.76. The zero-order chi connectivity index (χ0) is 20.5. The molecule has 1 aliphatic carbocycles. The highest BCUT2D eigenvalue weighted by Crippen LogP contribution is 2.34. The molecule has 1 aromatic carbocycles. The maximum absolute atomic E-state index is 14.5. The van der Waals surface area contributed by atoms with Gasteiger partial charge in [-0.3, -0.25) is 14.6 Å². The number of carbonyl (C=O) groups is 1. The molecular weight excluding hydrogens is 375 g/mol. The molecule has 1 saturated carbocycles. The second-order valence-electron chi connectivity index (χ2n) is 7.81. The van der Waals surface area contributed by atoms with E-state index in [-0.39, 0.29) is 41.3 Å². The number of rotatable bonds is 6. The molecule has 1 aliphatic heterocycles. The highest BCUT2D eigenvalue weighted by atomic mass is 19.1. The summed E-state index contributed by atoms with van der Waals surface area (Å²) in [5.41, 5.74) is 1.19. The van der Waals surface area contributed by atoms with Crippen molar-refractivity contribution in [1.82, 2.24) is 14.9 Å². The van der Waals surface area contributed by atoms with Crippen LogP contribution in [-0.2, 0) is 11.3 Å². The van der Waals surface area contributed by atoms with Gasteiger partial charge in [0, 0.05) is 18.0 Å². The summed E-state index contributed by atoms with van der Waals surface area (Å²) in [6, 6.07) is 3.16. The Morgan fingerprint density at radius 1 is 1.45 bits per heavy atom. The molecule has 1 atom stereocenters. The first-order chi connectivity index (χ1) is 13.9. The number of aromatic nitrogens is 2. The Hall–Kier alpha value is -2.90. The maximum atomic E-state index is 14.5. The molecule has 1 fully saturated rings. The number of hydrogen-bond acceptors (Lipinski definition) is 4. The summed E-state index contributed by atoms with van der Waals surface area (Å²) in [5, 5.41) is 3.32. The van der Waals surface area contributed by atoms with Crippen LogP contribution in [0.25, 0.3) is 6.58 Å². The average Bonchev–Trinajstić information content (AvgIpc) is 3.29. The third-order valence-corrected chi connectivity index (χ3v) is 5.62. The lowest BCUT2D eigenvalue weighted by atomic mass is 10.1. The minimum atomic E-state index is -0.492. The van der Waals surface area contributed by atoms with Gasteiger partial charge in [0.15, 0.2) is 11.6 Å². The molecule has 2 aromatic rings. The van der Waals surface area contributed by atoms with E-state index in [4.69, 9.17) is 4.74 Å². The molecule has 4 rings (SSSR count). The third kappa shape index (κ3) is 3.97. The number of ether oxygens (including phenoxy) is 1. The number of hydrogen-bond donors (Lipinski definition) is 2. The van der Waals surface area contributed by atoms with Gasteiger partial charge in [0.05, 0.1) is 18.3 Å². The van der Waals surface area contributed by atoms with E-state index in [0.29, 0.717) is 29.7 Å². The van der Waals surface area contributed by atoms with Gasteiger partial charge in [-0.15, -0.1) is 0 Å². The molecule has 29 heavy (non-hydrogen) atoms. The number of amides is 1. The van der Waals surface area contributed by atoms with E-state index in [1.54, 1.807) is 10.6 Å². The van der Waals surface area contributed by atoms with E-state index in [9.17, 15) is 14.0 Å². The van der Waals surface area contributed by atoms with Gasteiger partial charge in [-0.25, -0.2) is 9.38 Å². The summed E-state index contributed by atoms with van der Waals surface area (Å²) in [6.07, 6.45) is 4.87. The number of benzene rings is 1. The summed E-state index contributed by atoms with van der Waals surface area (Å²) < 4.78 is 22.0. The number of imidazole rings is 1. The largest absolute Gasteiger partial charge is 0.487 e. The number of fused-ring (bicyclic) bond motifs is 2. The molecule has 0 spiro atoms. The van der Waals surface area contributed by atoms with Crippen molar-refractivity contribution in [2.45, 2.75) is 64.1 Å². The first-order valence-electron chi connectivity index (χ1n) is 10.1. The molecule has 2 N–H and O–H groups in total. The number of carbonyl (C=O) groups excluding carboxylic acids is 1. The van der Waals surface area contributed by atoms with Crippen LogP contribution in [0.4, 0.5) is 10.1 Å². The van der Waals surface area contributed by atoms with Crippen LogP contribution in [0.2, 0.25) is 0 Å². The van der Waals surface area contributed by atoms with Gasteiger partial charge in [-0.1, -0.05) is 19.4 Å². The molecule has 7 nitrogen and oxygen atoms in total. The van der Waals surface area contributed by atoms with Crippen molar-refractivity contribution < 1.29 is 13.9 Å². The Morgan fingerprint density at radius 2 is 2.21 bits per heavy atom. The van der Waals surface area contributed by atoms with E-state index in [0.717, 1.165) is 25.7 Å². The number of aromatic amines is 1. The topological polar surface area (TPSA) is 88.5 Å². The smallest absolute Gasteiger partial charge is 0.274 e. The summed E-state index contributed by atoms with van der Waals surface area (Å²) in [7, 11) is 0. The van der Waals surface area contributed by atoms with E-state index in [1.165, 1.54) is 6.07 Å². The number of nitrogens with zero attached hydrogens (tertiary/aromatic N) is 2. The zero-order valence-electron chi connectivity index (χ0n) is 16.5. The monoisotopic (exact) mass is 400 g/mol. The number of nitrogens with one attached hydrogen (secondary N) is 2. The fourth-order valence-corrected chi connectivity index (χ4v) is 3.96. The average molecular weight is 400 g/mol. The van der Waals surface area contributed by atoms with Crippen LogP contribution in [0.5, 0.6) is 5.75 Å². The Balaban J connectivity index is 1.46. The van der Waals surface area contributed by atoms with Gasteiger partial charge in [-0.2, -0.15) is 0 Å². The predicted molar refractivity (Wildman–Crippen MR) is 106 cm³/mol. The molecule has 1 aromatic heterocycles. The molecule has 0 radical (unpaired) electrons. The van der Waals surface area contributed by atoms with Gasteiger partial charge in [0.1, 0.15) is 5.35 Å². The molecule has 0 saturated heterocycles. The SMILES string of the molecule is C=c1c(=O)[nH]c2n1Cc1c(ccc(F)c1OC(C)CCC(=O)NC1CCCC1)N=2. The standard InChI is InChI=1S/C21H25FN4O3/c1-12(7-10-18(27)23-14-5-3-4-6-14)29-19-15-11-26-13(2)20(28)25-21(26)24-17(15)9-8-16(19)22/h8-9,12,14H,2-7,10-11H2,1H3,(H,23,27)(H,24,25,28). The Bertz CT molecular complexity index is 1100. The fraction of sp³-hybridized carbons (Fsp3) is 0.476. The van der Waals surface area contributed by atoms with E-state index in [2.05, 4.69) is 21.9 Å². The lowest BCUT2D eigenvalue weighted by molar-refractivity contribution is -0.122. The summed E-state index contributed by atoms with van der Waals surface area (Å²) >= 11 is 0. The normalized spacial score (nSPS) is 16.6. The van der Waals surface area contributed by atoms with Gasteiger partial charge in [0.2, 0.25) is 11.5 Å². The van der Waals surface area contributed by atoms with Crippen molar-refractivity contribution in [1.29, 1.82) is 0 Å². The molecule has 8 heteroatoms. The lowest BCUT2D eigenvalue weighted by Crippen LogP contribution is -2.33. The Kier molecular flexibility index (Phi) is 5.25. The highest BCUT2D eigenvalue weighted by Gasteiger charge is 2.23. The maximum Gasteiger partial charge on any atom is 0.274 e. The number of halogens is 1. The van der Waals surface area contributed by atoms with E-state index >= 15 is 0 Å². The van der Waals surface area contributed by atoms with E-state index in [1.807, 2.05) is 6.92 Å². The Morgan fingerprint density at radius 3 is 2.97 bits per heavy atom. The lowest BCUT2D eigenvalue weighted by Gasteiger charge is -2.21. The van der Waals surface area contributed by atoms with Crippen molar-refractivity contribution in [2.24, 2.45) is 4.99 Å². The molecule has 2 aliphatic rings. The molecule has 154 valence electrons. The minimum Gasteiger partial charge on any atom is -0.487 e. The van der Waals surface area contributed by atoms with Crippen molar-refractivity contribution in [3.63, 3.8) is 0 Å². The first kappa shape index (κ1) is 19.4. The second-order valence-corrected chi connectivity index (χ2v) is 7.81. The summed E-state index contributed by atoms with van der Waals surface area (Å²) in [6.45, 7) is 5.81. The Labute approximate surface area is 167 Å². The summed E-state index contributed by atoms with van der Waals surface area (Å²) in [4.78, 5) is 31.0. The van der Waals surface area contributed by atoms with Crippen molar-refractivity contribution in [3.05, 3.63) is 44.8 Å². The van der Waals surface area contributed by atoms with Crippen LogP contribution in [-0.4, -0.2) is 27.6 Å². The van der Waals surface area contributed by atoms with Crippen LogP contribution < -0.4 is 26.6 Å². The third-order valence-electron chi connectivity index (χ3n) is 5.62. The predicted octanol–water partition coefficient (Wildman–Crippen LogP) is 1.65. The minimum absolute atomic E-state index is 0.00936. The van der Waals surface area contributed by atoms with Crippen molar-refractivity contribution in [2.75, 3.05) is 0 Å². The van der Waals surface area contributed by atoms with E-state index < -0.39 is 5.82 Å². The number of H-pyrrole nitrogens is 1. The van der Waals surface area contributed by atoms with Gasteiger partial charge >= 0.3 is 0 Å². The van der Waals surface area contributed by atoms with Crippen molar-refractivity contribution >= 4 is 18.2 Å². The second kappa shape index (κ2) is 7.85. The molecule has 1 unspecified atom stereocenters. The summed E-state index contributed by atoms with van der Waals surface area (Å²) in [5.74, 6) is -0.370. The van der Waals surface area contributed by atoms with Gasteiger partial charge < -0.3 is 14.6 Å². The van der Waals surface area contributed by atoms with Crippen LogP contribution in [0.3, 0.4) is 0 Å². The van der Waals surface area contributed by atoms with Gasteiger partial charge in [0.25, 0.3) is 5.56 Å². The molecule has 1 amide bonds. The molecular formula is C21H25FN4O3. The van der Waals surface area contributed by atoms with Crippen LogP contribution in [0.1, 0.15) is 51.0 Å². The quantitative estimate of drug-likeness (QED) is 0.659. The fourth-order valence-electron chi connectivity index (χ4n) is 3.96. The van der Waals surface area contributed by atoms with Gasteiger partial charge in [-0.05, 0) is 38.3 Å². The zero-order valence-corrected chi connectivity index (χ0v) is 16.5. The molecule has 2 heterocycles.